The number of nitrogens with zero attached hydrogens (tertiary/aromatic N) is 1. The minimum absolute atomic E-state index is 0.281. The molecule has 1 aromatic rings. The summed E-state index contributed by atoms with van der Waals surface area (Å²) in [6.07, 6.45) is 1.93. The lowest BCUT2D eigenvalue weighted by Gasteiger charge is -2.01. The zero-order chi connectivity index (χ0) is 10.6. The Morgan fingerprint density at radius 1 is 1.36 bits per heavy atom. The van der Waals surface area contributed by atoms with Crippen LogP contribution in [0.5, 0.6) is 0 Å². The average molecular weight is 250 g/mol. The van der Waals surface area contributed by atoms with E-state index in [0.29, 0.717) is 0 Å². The second-order valence-electron chi connectivity index (χ2n) is 3.42. The highest BCUT2D eigenvalue weighted by Crippen LogP contribution is 2.16. The number of nitriles is 1. The van der Waals surface area contributed by atoms with E-state index in [-0.39, 0.29) is 5.92 Å². The Balaban J connectivity index is 2.97. The smallest absolute Gasteiger partial charge is 0.0950 e. The van der Waals surface area contributed by atoms with Crippen LogP contribution in [0.1, 0.15) is 19.4 Å². The minimum atomic E-state index is 0.281. The SMILES string of the molecule is CC(C)C(C#N)=Cc1ccc(Br)cc1. The Bertz CT molecular complexity index is 368. The molecule has 0 saturated heterocycles. The van der Waals surface area contributed by atoms with Crippen LogP contribution in [-0.2, 0) is 0 Å². The van der Waals surface area contributed by atoms with Gasteiger partial charge in [-0.2, -0.15) is 5.26 Å². The fourth-order valence-corrected chi connectivity index (χ4v) is 1.33. The van der Waals surface area contributed by atoms with Gasteiger partial charge >= 0.3 is 0 Å². The molecule has 1 nitrogen and oxygen atoms in total. The van der Waals surface area contributed by atoms with Gasteiger partial charge in [0, 0.05) is 10.0 Å². The molecule has 0 aliphatic carbocycles. The van der Waals surface area contributed by atoms with Gasteiger partial charge < -0.3 is 0 Å². The number of hydrogen-bond acceptors (Lipinski definition) is 1. The Kier molecular flexibility index (Phi) is 3.91. The monoisotopic (exact) mass is 249 g/mol. The van der Waals surface area contributed by atoms with Crippen molar-refractivity contribution in [1.82, 2.24) is 0 Å². The number of allylic oxidation sites excluding steroid dienone is 1. The molecule has 0 aliphatic rings. The molecule has 1 rings (SSSR count). The number of hydrogen-bond donors (Lipinski definition) is 0. The van der Waals surface area contributed by atoms with Gasteiger partial charge in [-0.1, -0.05) is 41.9 Å². The van der Waals surface area contributed by atoms with E-state index in [1.54, 1.807) is 0 Å². The Morgan fingerprint density at radius 3 is 2.36 bits per heavy atom. The summed E-state index contributed by atoms with van der Waals surface area (Å²) in [6, 6.07) is 10.1. The van der Waals surface area contributed by atoms with Crippen molar-refractivity contribution in [3.63, 3.8) is 0 Å². The van der Waals surface area contributed by atoms with Gasteiger partial charge in [0.25, 0.3) is 0 Å². The molecule has 0 spiro atoms. The van der Waals surface area contributed by atoms with Crippen LogP contribution in [0.2, 0.25) is 0 Å². The molecular formula is C12H12BrN. The van der Waals surface area contributed by atoms with Gasteiger partial charge in [-0.15, -0.1) is 0 Å². The Hall–Kier alpha value is -1.07. The van der Waals surface area contributed by atoms with Gasteiger partial charge in [0.15, 0.2) is 0 Å². The number of benzene rings is 1. The summed E-state index contributed by atoms with van der Waals surface area (Å²) >= 11 is 3.37. The van der Waals surface area contributed by atoms with E-state index < -0.39 is 0 Å². The number of halogens is 1. The molecule has 0 N–H and O–H groups in total. The standard InChI is InChI=1S/C12H12BrN/c1-9(2)11(8-14)7-10-3-5-12(13)6-4-10/h3-7,9H,1-2H3. The molecule has 72 valence electrons. The predicted octanol–water partition coefficient (Wildman–Crippen LogP) is 4.01. The molecule has 0 fully saturated rings. The molecule has 0 radical (unpaired) electrons. The van der Waals surface area contributed by atoms with Crippen molar-refractivity contribution in [2.75, 3.05) is 0 Å². The van der Waals surface area contributed by atoms with Crippen molar-refractivity contribution in [3.8, 4) is 6.07 Å². The molecule has 14 heavy (non-hydrogen) atoms. The van der Waals surface area contributed by atoms with E-state index in [1.807, 2.05) is 44.2 Å². The normalized spacial score (nSPS) is 11.5. The van der Waals surface area contributed by atoms with Crippen LogP contribution >= 0.6 is 15.9 Å². The molecule has 0 saturated carbocycles. The summed E-state index contributed by atoms with van der Waals surface area (Å²) < 4.78 is 1.05. The van der Waals surface area contributed by atoms with Crippen LogP contribution in [0, 0.1) is 17.2 Å². The van der Waals surface area contributed by atoms with E-state index in [2.05, 4.69) is 22.0 Å². The zero-order valence-electron chi connectivity index (χ0n) is 8.29. The lowest BCUT2D eigenvalue weighted by Crippen LogP contribution is -1.90. The fourth-order valence-electron chi connectivity index (χ4n) is 1.07. The molecule has 0 atom stereocenters. The van der Waals surface area contributed by atoms with Crippen molar-refractivity contribution in [2.45, 2.75) is 13.8 Å². The second kappa shape index (κ2) is 4.97. The average Bonchev–Trinajstić information content (AvgIpc) is 2.16. The summed E-state index contributed by atoms with van der Waals surface area (Å²) in [4.78, 5) is 0. The zero-order valence-corrected chi connectivity index (χ0v) is 9.88. The van der Waals surface area contributed by atoms with Gasteiger partial charge in [0.1, 0.15) is 0 Å². The van der Waals surface area contributed by atoms with E-state index in [0.717, 1.165) is 15.6 Å². The summed E-state index contributed by atoms with van der Waals surface area (Å²) in [5.41, 5.74) is 1.88. The van der Waals surface area contributed by atoms with Crippen LogP contribution in [0.15, 0.2) is 34.3 Å². The van der Waals surface area contributed by atoms with Gasteiger partial charge in [-0.25, -0.2) is 0 Å². The first-order chi connectivity index (χ1) is 6.63. The van der Waals surface area contributed by atoms with Gasteiger partial charge in [0.2, 0.25) is 0 Å². The fraction of sp³-hybridized carbons (Fsp3) is 0.250. The van der Waals surface area contributed by atoms with Gasteiger partial charge in [-0.3, -0.25) is 0 Å². The van der Waals surface area contributed by atoms with Crippen molar-refractivity contribution >= 4 is 22.0 Å². The Labute approximate surface area is 93.2 Å². The number of rotatable bonds is 2. The van der Waals surface area contributed by atoms with Gasteiger partial charge in [0.05, 0.1) is 6.07 Å². The topological polar surface area (TPSA) is 23.8 Å². The van der Waals surface area contributed by atoms with Crippen molar-refractivity contribution in [3.05, 3.63) is 39.9 Å². The van der Waals surface area contributed by atoms with Crippen molar-refractivity contribution in [2.24, 2.45) is 5.92 Å². The third-order valence-corrected chi connectivity index (χ3v) is 2.47. The molecule has 0 amide bonds. The van der Waals surface area contributed by atoms with Crippen LogP contribution in [0.4, 0.5) is 0 Å². The summed E-state index contributed by atoms with van der Waals surface area (Å²) in [5, 5.41) is 8.88. The van der Waals surface area contributed by atoms with Crippen LogP contribution in [0.3, 0.4) is 0 Å². The first kappa shape index (κ1) is 11.0. The largest absolute Gasteiger partial charge is 0.193 e. The molecule has 0 aliphatic heterocycles. The third kappa shape index (κ3) is 3.01. The van der Waals surface area contributed by atoms with Crippen molar-refractivity contribution in [1.29, 1.82) is 5.26 Å². The highest BCUT2D eigenvalue weighted by Gasteiger charge is 2.01. The summed E-state index contributed by atoms with van der Waals surface area (Å²) in [6.45, 7) is 4.04. The first-order valence-corrected chi connectivity index (χ1v) is 5.30. The lowest BCUT2D eigenvalue weighted by molar-refractivity contribution is 0.801. The molecule has 0 bridgehead atoms. The summed E-state index contributed by atoms with van der Waals surface area (Å²) in [7, 11) is 0. The molecule has 0 aromatic heterocycles. The van der Waals surface area contributed by atoms with Crippen LogP contribution < -0.4 is 0 Å². The van der Waals surface area contributed by atoms with E-state index in [1.165, 1.54) is 0 Å². The predicted molar refractivity (Wildman–Crippen MR) is 62.6 cm³/mol. The van der Waals surface area contributed by atoms with E-state index in [4.69, 9.17) is 5.26 Å². The summed E-state index contributed by atoms with van der Waals surface area (Å²) in [5.74, 6) is 0.281. The maximum Gasteiger partial charge on any atom is 0.0950 e. The molecule has 0 heterocycles. The third-order valence-electron chi connectivity index (χ3n) is 1.94. The van der Waals surface area contributed by atoms with E-state index >= 15 is 0 Å². The Morgan fingerprint density at radius 2 is 1.93 bits per heavy atom. The first-order valence-electron chi connectivity index (χ1n) is 4.50. The van der Waals surface area contributed by atoms with Gasteiger partial charge in [-0.05, 0) is 29.7 Å². The highest BCUT2D eigenvalue weighted by atomic mass is 79.9. The molecule has 0 unspecified atom stereocenters. The lowest BCUT2D eigenvalue weighted by atomic mass is 10.0. The molecular weight excluding hydrogens is 238 g/mol. The van der Waals surface area contributed by atoms with Crippen LogP contribution in [-0.4, -0.2) is 0 Å². The van der Waals surface area contributed by atoms with Crippen LogP contribution in [0.25, 0.3) is 6.08 Å². The van der Waals surface area contributed by atoms with Crippen molar-refractivity contribution < 1.29 is 0 Å². The minimum Gasteiger partial charge on any atom is -0.193 e. The second-order valence-corrected chi connectivity index (χ2v) is 4.33. The maximum atomic E-state index is 8.88. The maximum absolute atomic E-state index is 8.88. The molecule has 2 heteroatoms. The van der Waals surface area contributed by atoms with E-state index in [9.17, 15) is 0 Å². The highest BCUT2D eigenvalue weighted by molar-refractivity contribution is 9.10. The molecule has 1 aromatic carbocycles. The quantitative estimate of drug-likeness (QED) is 0.727.